The largest absolute Gasteiger partial charge is 0.487 e. The molecule has 0 amide bonds. The van der Waals surface area contributed by atoms with Gasteiger partial charge >= 0.3 is 0 Å². The number of aryl methyl sites for hydroxylation is 3. The monoisotopic (exact) mass is 305 g/mol. The first-order chi connectivity index (χ1) is 10.1. The number of nitrogens with one attached hydrogen (secondary N) is 1. The van der Waals surface area contributed by atoms with E-state index in [1.165, 1.54) is 11.1 Å². The van der Waals surface area contributed by atoms with Crippen LogP contribution in [0.5, 0.6) is 5.75 Å². The molecular formula is C16H20ClN3O. The Labute approximate surface area is 130 Å². The Morgan fingerprint density at radius 1 is 1.48 bits per heavy atom. The van der Waals surface area contributed by atoms with Gasteiger partial charge in [0.2, 0.25) is 0 Å². The first kappa shape index (κ1) is 14.4. The molecule has 1 aliphatic carbocycles. The van der Waals surface area contributed by atoms with E-state index in [2.05, 4.69) is 22.5 Å². The number of hydrogen-bond donors (Lipinski definition) is 1. The third-order valence-electron chi connectivity index (χ3n) is 4.18. The first-order valence-corrected chi connectivity index (χ1v) is 7.58. The molecule has 1 aliphatic rings. The summed E-state index contributed by atoms with van der Waals surface area (Å²) in [6.45, 7) is 2.34. The van der Waals surface area contributed by atoms with E-state index in [0.29, 0.717) is 17.7 Å². The third kappa shape index (κ3) is 2.65. The summed E-state index contributed by atoms with van der Waals surface area (Å²) in [5.41, 5.74) is 4.50. The van der Waals surface area contributed by atoms with Gasteiger partial charge in [-0.2, -0.15) is 5.10 Å². The van der Waals surface area contributed by atoms with E-state index in [-0.39, 0.29) is 0 Å². The Kier molecular flexibility index (Phi) is 3.91. The maximum absolute atomic E-state index is 6.24. The summed E-state index contributed by atoms with van der Waals surface area (Å²) >= 11 is 6.24. The number of nitrogens with zero attached hydrogens (tertiary/aromatic N) is 2. The molecule has 2 aromatic rings. The van der Waals surface area contributed by atoms with Crippen molar-refractivity contribution in [1.29, 1.82) is 0 Å². The smallest absolute Gasteiger partial charge is 0.131 e. The third-order valence-corrected chi connectivity index (χ3v) is 4.67. The maximum atomic E-state index is 6.24. The molecule has 1 aromatic heterocycles. The van der Waals surface area contributed by atoms with Crippen LogP contribution in [0.3, 0.4) is 0 Å². The van der Waals surface area contributed by atoms with Crippen LogP contribution in [0.4, 0.5) is 0 Å². The van der Waals surface area contributed by atoms with Crippen LogP contribution in [-0.4, -0.2) is 16.8 Å². The van der Waals surface area contributed by atoms with E-state index in [1.807, 2.05) is 27.1 Å². The molecule has 0 radical (unpaired) electrons. The SMILES string of the molecule is CNC1CCc2cc(OCc3c(Cl)c(C)nn3C)ccc21. The van der Waals surface area contributed by atoms with Crippen molar-refractivity contribution in [2.45, 2.75) is 32.4 Å². The van der Waals surface area contributed by atoms with Crippen LogP contribution in [0.2, 0.25) is 5.02 Å². The molecule has 1 N–H and O–H groups in total. The number of halogens is 1. The van der Waals surface area contributed by atoms with Gasteiger partial charge in [0.05, 0.1) is 16.4 Å². The summed E-state index contributed by atoms with van der Waals surface area (Å²) in [7, 11) is 3.90. The molecule has 0 saturated carbocycles. The summed E-state index contributed by atoms with van der Waals surface area (Å²) in [6.07, 6.45) is 2.26. The van der Waals surface area contributed by atoms with Gasteiger partial charge in [-0.05, 0) is 50.1 Å². The zero-order valence-corrected chi connectivity index (χ0v) is 13.4. The van der Waals surface area contributed by atoms with Crippen LogP contribution in [0, 0.1) is 6.92 Å². The summed E-state index contributed by atoms with van der Waals surface area (Å²) in [5.74, 6) is 0.889. The quantitative estimate of drug-likeness (QED) is 0.943. The highest BCUT2D eigenvalue weighted by atomic mass is 35.5. The van der Waals surface area contributed by atoms with Crippen molar-refractivity contribution < 1.29 is 4.74 Å². The lowest BCUT2D eigenvalue weighted by Crippen LogP contribution is -2.12. The Bertz CT molecular complexity index is 666. The molecule has 5 heteroatoms. The molecule has 0 fully saturated rings. The van der Waals surface area contributed by atoms with Crippen molar-refractivity contribution >= 4 is 11.6 Å². The van der Waals surface area contributed by atoms with Crippen LogP contribution < -0.4 is 10.1 Å². The molecule has 0 bridgehead atoms. The molecule has 21 heavy (non-hydrogen) atoms. The van der Waals surface area contributed by atoms with Crippen LogP contribution in [0.25, 0.3) is 0 Å². The van der Waals surface area contributed by atoms with E-state index in [0.717, 1.165) is 30.0 Å². The van der Waals surface area contributed by atoms with Crippen molar-refractivity contribution in [2.75, 3.05) is 7.05 Å². The normalized spacial score (nSPS) is 17.0. The molecule has 1 heterocycles. The van der Waals surface area contributed by atoms with Crippen molar-refractivity contribution in [3.8, 4) is 5.75 Å². The van der Waals surface area contributed by atoms with Gasteiger partial charge < -0.3 is 10.1 Å². The predicted octanol–water partition coefficient (Wildman–Crippen LogP) is 3.17. The molecule has 0 spiro atoms. The predicted molar refractivity (Wildman–Crippen MR) is 83.9 cm³/mol. The molecule has 112 valence electrons. The molecule has 4 nitrogen and oxygen atoms in total. The van der Waals surface area contributed by atoms with Gasteiger partial charge in [-0.15, -0.1) is 0 Å². The van der Waals surface area contributed by atoms with E-state index in [9.17, 15) is 0 Å². The summed E-state index contributed by atoms with van der Waals surface area (Å²) in [4.78, 5) is 0. The minimum Gasteiger partial charge on any atom is -0.487 e. The van der Waals surface area contributed by atoms with E-state index >= 15 is 0 Å². The lowest BCUT2D eigenvalue weighted by atomic mass is 10.1. The molecule has 0 aliphatic heterocycles. The topological polar surface area (TPSA) is 39.1 Å². The molecule has 3 rings (SSSR count). The summed E-state index contributed by atoms with van der Waals surface area (Å²) in [5, 5.41) is 8.33. The molecule has 0 saturated heterocycles. The fraction of sp³-hybridized carbons (Fsp3) is 0.438. The number of hydrogen-bond acceptors (Lipinski definition) is 3. The van der Waals surface area contributed by atoms with Gasteiger partial charge in [0.25, 0.3) is 0 Å². The molecule has 1 aromatic carbocycles. The molecule has 1 atom stereocenters. The standard InChI is InChI=1S/C16H20ClN3O/c1-10-16(17)15(20(3)19-10)9-21-12-5-6-13-11(8-12)4-7-14(13)18-2/h5-6,8,14,18H,4,7,9H2,1-3H3. The van der Waals surface area contributed by atoms with Crippen molar-refractivity contribution in [1.82, 2.24) is 15.1 Å². The van der Waals surface area contributed by atoms with E-state index in [1.54, 1.807) is 4.68 Å². The van der Waals surface area contributed by atoms with Gasteiger partial charge in [0.15, 0.2) is 0 Å². The summed E-state index contributed by atoms with van der Waals surface area (Å²) < 4.78 is 7.68. The zero-order chi connectivity index (χ0) is 15.0. The van der Waals surface area contributed by atoms with Gasteiger partial charge in [-0.1, -0.05) is 17.7 Å². The molecule has 1 unspecified atom stereocenters. The second-order valence-corrected chi connectivity index (χ2v) is 5.88. The van der Waals surface area contributed by atoms with Crippen molar-refractivity contribution in [3.63, 3.8) is 0 Å². The van der Waals surface area contributed by atoms with E-state index in [4.69, 9.17) is 16.3 Å². The van der Waals surface area contributed by atoms with Crippen LogP contribution in [-0.2, 0) is 20.1 Å². The highest BCUT2D eigenvalue weighted by Gasteiger charge is 2.21. The number of aromatic nitrogens is 2. The van der Waals surface area contributed by atoms with Crippen molar-refractivity contribution in [3.05, 3.63) is 45.7 Å². The Morgan fingerprint density at radius 2 is 2.29 bits per heavy atom. The second-order valence-electron chi connectivity index (χ2n) is 5.50. The molecular weight excluding hydrogens is 286 g/mol. The lowest BCUT2D eigenvalue weighted by molar-refractivity contribution is 0.294. The number of rotatable bonds is 4. The average Bonchev–Trinajstić information content (AvgIpc) is 2.98. The number of fused-ring (bicyclic) bond motifs is 1. The minimum absolute atomic E-state index is 0.435. The van der Waals surface area contributed by atoms with Crippen LogP contribution >= 0.6 is 11.6 Å². The minimum atomic E-state index is 0.435. The van der Waals surface area contributed by atoms with Gasteiger partial charge in [0, 0.05) is 13.1 Å². The fourth-order valence-corrected chi connectivity index (χ4v) is 3.19. The Hall–Kier alpha value is -1.52. The van der Waals surface area contributed by atoms with E-state index < -0.39 is 0 Å². The van der Waals surface area contributed by atoms with Crippen molar-refractivity contribution in [2.24, 2.45) is 7.05 Å². The van der Waals surface area contributed by atoms with Gasteiger partial charge in [0.1, 0.15) is 12.4 Å². The Balaban J connectivity index is 1.75. The average molecular weight is 306 g/mol. The lowest BCUT2D eigenvalue weighted by Gasteiger charge is -2.12. The summed E-state index contributed by atoms with van der Waals surface area (Å²) in [6, 6.07) is 6.81. The van der Waals surface area contributed by atoms with Crippen LogP contribution in [0.15, 0.2) is 18.2 Å². The first-order valence-electron chi connectivity index (χ1n) is 7.21. The maximum Gasteiger partial charge on any atom is 0.131 e. The van der Waals surface area contributed by atoms with Gasteiger partial charge in [-0.3, -0.25) is 4.68 Å². The number of benzene rings is 1. The highest BCUT2D eigenvalue weighted by molar-refractivity contribution is 6.31. The highest BCUT2D eigenvalue weighted by Crippen LogP contribution is 2.33. The second kappa shape index (κ2) is 5.70. The zero-order valence-electron chi connectivity index (χ0n) is 12.6. The number of ether oxygens (including phenoxy) is 1. The fourth-order valence-electron chi connectivity index (χ4n) is 2.97. The van der Waals surface area contributed by atoms with Crippen LogP contribution in [0.1, 0.15) is 35.0 Å². The van der Waals surface area contributed by atoms with Gasteiger partial charge in [-0.25, -0.2) is 0 Å². The Morgan fingerprint density at radius 3 is 2.95 bits per heavy atom.